The van der Waals surface area contributed by atoms with E-state index in [1.807, 2.05) is 37.4 Å². The molecule has 21 heavy (non-hydrogen) atoms. The highest BCUT2D eigenvalue weighted by Crippen LogP contribution is 2.15. The molecule has 3 rings (SSSR count). The van der Waals surface area contributed by atoms with E-state index in [9.17, 15) is 0 Å². The average Bonchev–Trinajstić information content (AvgIpc) is 2.97. The van der Waals surface area contributed by atoms with Crippen LogP contribution in [-0.4, -0.2) is 31.8 Å². The summed E-state index contributed by atoms with van der Waals surface area (Å²) in [6.07, 6.45) is 4.80. The van der Waals surface area contributed by atoms with Gasteiger partial charge in [0.05, 0.1) is 17.6 Å². The summed E-state index contributed by atoms with van der Waals surface area (Å²) in [6, 6.07) is 9.92. The molecule has 0 aliphatic rings. The summed E-state index contributed by atoms with van der Waals surface area (Å²) in [5, 5.41) is 7.26. The van der Waals surface area contributed by atoms with E-state index in [2.05, 4.69) is 25.4 Å². The third-order valence-corrected chi connectivity index (χ3v) is 2.71. The Balaban J connectivity index is 1.77. The first-order valence-corrected chi connectivity index (χ1v) is 6.45. The van der Waals surface area contributed by atoms with E-state index in [-0.39, 0.29) is 6.01 Å². The van der Waals surface area contributed by atoms with E-state index < -0.39 is 0 Å². The molecule has 0 aliphatic heterocycles. The molecule has 7 heteroatoms. The van der Waals surface area contributed by atoms with Crippen LogP contribution in [0.4, 0.5) is 0 Å². The van der Waals surface area contributed by atoms with E-state index in [0.29, 0.717) is 12.4 Å². The number of benzene rings is 1. The maximum absolute atomic E-state index is 5.52. The highest BCUT2D eigenvalue weighted by atomic mass is 16.5. The summed E-state index contributed by atoms with van der Waals surface area (Å²) in [5.41, 5.74) is 1.70. The van der Waals surface area contributed by atoms with Crippen LogP contribution < -0.4 is 10.1 Å². The second-order valence-corrected chi connectivity index (χ2v) is 4.29. The molecular weight excluding hydrogens is 268 g/mol. The van der Waals surface area contributed by atoms with Crippen molar-refractivity contribution >= 4 is 0 Å². The zero-order valence-corrected chi connectivity index (χ0v) is 11.5. The summed E-state index contributed by atoms with van der Waals surface area (Å²) in [7, 11) is 1.85. The molecule has 0 saturated heterocycles. The summed E-state index contributed by atoms with van der Waals surface area (Å²) in [4.78, 5) is 12.5. The van der Waals surface area contributed by atoms with E-state index in [4.69, 9.17) is 4.74 Å². The van der Waals surface area contributed by atoms with Crippen LogP contribution in [0.25, 0.3) is 5.69 Å². The Hall–Kier alpha value is -2.80. The molecule has 1 aromatic carbocycles. The number of nitrogens with zero attached hydrogens (tertiary/aromatic N) is 5. The van der Waals surface area contributed by atoms with Crippen molar-refractivity contribution in [3.05, 3.63) is 54.7 Å². The minimum atomic E-state index is 0.231. The van der Waals surface area contributed by atoms with Crippen LogP contribution in [0.3, 0.4) is 0 Å². The van der Waals surface area contributed by atoms with E-state index in [1.54, 1.807) is 17.2 Å². The Kier molecular flexibility index (Phi) is 3.83. The van der Waals surface area contributed by atoms with Crippen LogP contribution >= 0.6 is 0 Å². The molecule has 0 fully saturated rings. The molecule has 2 aromatic heterocycles. The van der Waals surface area contributed by atoms with Gasteiger partial charge in [-0.2, -0.15) is 4.98 Å². The Labute approximate surface area is 121 Å². The van der Waals surface area contributed by atoms with Gasteiger partial charge in [0.2, 0.25) is 5.88 Å². The standard InChI is InChI=1S/C14H14N6O/c1-15-7-11-8-16-9-13(18-11)21-14-17-10-20(19-14)12-5-3-2-4-6-12/h2-6,8-10,15H,7H2,1H3. The van der Waals surface area contributed by atoms with Crippen molar-refractivity contribution in [3.63, 3.8) is 0 Å². The highest BCUT2D eigenvalue weighted by Gasteiger charge is 2.07. The van der Waals surface area contributed by atoms with Crippen LogP contribution in [0.5, 0.6) is 11.9 Å². The fraction of sp³-hybridized carbons (Fsp3) is 0.143. The smallest absolute Gasteiger partial charge is 0.342 e. The van der Waals surface area contributed by atoms with Crippen molar-refractivity contribution in [2.45, 2.75) is 6.54 Å². The zero-order chi connectivity index (χ0) is 14.5. The summed E-state index contributed by atoms with van der Waals surface area (Å²) < 4.78 is 7.16. The normalized spacial score (nSPS) is 10.5. The first-order chi connectivity index (χ1) is 10.3. The fourth-order valence-corrected chi connectivity index (χ4v) is 1.80. The maximum Gasteiger partial charge on any atom is 0.342 e. The number of nitrogens with one attached hydrogen (secondary N) is 1. The SMILES string of the molecule is CNCc1cncc(Oc2ncn(-c3ccccc3)n2)n1. The van der Waals surface area contributed by atoms with Gasteiger partial charge in [0, 0.05) is 12.7 Å². The Morgan fingerprint density at radius 2 is 2.05 bits per heavy atom. The molecule has 1 N–H and O–H groups in total. The van der Waals surface area contributed by atoms with Crippen molar-refractivity contribution in [1.29, 1.82) is 0 Å². The van der Waals surface area contributed by atoms with Crippen LogP contribution in [0.2, 0.25) is 0 Å². The Bertz CT molecular complexity index is 712. The molecule has 106 valence electrons. The van der Waals surface area contributed by atoms with Gasteiger partial charge in [-0.05, 0) is 19.2 Å². The van der Waals surface area contributed by atoms with Gasteiger partial charge in [0.25, 0.3) is 0 Å². The third kappa shape index (κ3) is 3.21. The lowest BCUT2D eigenvalue weighted by atomic mass is 10.3. The second kappa shape index (κ2) is 6.10. The minimum Gasteiger partial charge on any atom is -0.402 e. The molecule has 0 amide bonds. The zero-order valence-electron chi connectivity index (χ0n) is 11.5. The van der Waals surface area contributed by atoms with Gasteiger partial charge in [-0.1, -0.05) is 18.2 Å². The summed E-state index contributed by atoms with van der Waals surface area (Å²) in [5.74, 6) is 0.369. The molecule has 0 atom stereocenters. The minimum absolute atomic E-state index is 0.231. The van der Waals surface area contributed by atoms with Gasteiger partial charge in [-0.25, -0.2) is 9.67 Å². The first-order valence-electron chi connectivity index (χ1n) is 6.45. The van der Waals surface area contributed by atoms with E-state index in [1.165, 1.54) is 6.20 Å². The lowest BCUT2D eigenvalue weighted by molar-refractivity contribution is 0.420. The topological polar surface area (TPSA) is 77.8 Å². The van der Waals surface area contributed by atoms with Gasteiger partial charge in [0.15, 0.2) is 0 Å². The molecule has 2 heterocycles. The number of aromatic nitrogens is 5. The van der Waals surface area contributed by atoms with Crippen molar-refractivity contribution in [3.8, 4) is 17.6 Å². The monoisotopic (exact) mass is 282 g/mol. The molecular formula is C14H14N6O. The molecule has 0 saturated carbocycles. The predicted octanol–water partition coefficient (Wildman–Crippen LogP) is 1.57. The maximum atomic E-state index is 5.52. The predicted molar refractivity (Wildman–Crippen MR) is 76.2 cm³/mol. The first kappa shape index (κ1) is 13.2. The van der Waals surface area contributed by atoms with Crippen LogP contribution in [0.15, 0.2) is 49.1 Å². The summed E-state index contributed by atoms with van der Waals surface area (Å²) in [6.45, 7) is 0.621. The average molecular weight is 282 g/mol. The van der Waals surface area contributed by atoms with Crippen molar-refractivity contribution in [2.75, 3.05) is 7.05 Å². The van der Waals surface area contributed by atoms with Crippen molar-refractivity contribution in [2.24, 2.45) is 0 Å². The highest BCUT2D eigenvalue weighted by molar-refractivity contribution is 5.29. The lowest BCUT2D eigenvalue weighted by Crippen LogP contribution is -2.07. The molecule has 0 radical (unpaired) electrons. The van der Waals surface area contributed by atoms with Crippen molar-refractivity contribution in [1.82, 2.24) is 30.0 Å². The van der Waals surface area contributed by atoms with Gasteiger partial charge >= 0.3 is 6.01 Å². The van der Waals surface area contributed by atoms with E-state index >= 15 is 0 Å². The molecule has 3 aromatic rings. The van der Waals surface area contributed by atoms with E-state index in [0.717, 1.165) is 11.4 Å². The molecule has 0 aliphatic carbocycles. The van der Waals surface area contributed by atoms with Crippen LogP contribution in [-0.2, 0) is 6.54 Å². The Morgan fingerprint density at radius 3 is 2.86 bits per heavy atom. The largest absolute Gasteiger partial charge is 0.402 e. The van der Waals surface area contributed by atoms with Crippen LogP contribution in [0, 0.1) is 0 Å². The second-order valence-electron chi connectivity index (χ2n) is 4.29. The Morgan fingerprint density at radius 1 is 1.19 bits per heavy atom. The summed E-state index contributed by atoms with van der Waals surface area (Å²) >= 11 is 0. The number of hydrogen-bond donors (Lipinski definition) is 1. The molecule has 7 nitrogen and oxygen atoms in total. The van der Waals surface area contributed by atoms with Crippen LogP contribution in [0.1, 0.15) is 5.69 Å². The van der Waals surface area contributed by atoms with Gasteiger partial charge in [0.1, 0.15) is 6.33 Å². The van der Waals surface area contributed by atoms with Gasteiger partial charge < -0.3 is 10.1 Å². The molecule has 0 spiro atoms. The number of rotatable bonds is 5. The molecule has 0 bridgehead atoms. The van der Waals surface area contributed by atoms with Crippen molar-refractivity contribution < 1.29 is 4.74 Å². The fourth-order valence-electron chi connectivity index (χ4n) is 1.80. The number of hydrogen-bond acceptors (Lipinski definition) is 6. The quantitative estimate of drug-likeness (QED) is 0.765. The number of para-hydroxylation sites is 1. The van der Waals surface area contributed by atoms with Gasteiger partial charge in [-0.3, -0.25) is 4.98 Å². The molecule has 0 unspecified atom stereocenters. The number of ether oxygens (including phenoxy) is 1. The third-order valence-electron chi connectivity index (χ3n) is 2.71. The lowest BCUT2D eigenvalue weighted by Gasteiger charge is -2.02. The van der Waals surface area contributed by atoms with Gasteiger partial charge in [-0.15, -0.1) is 5.10 Å².